The number of likely N-dealkylation sites (N-methyl/N-ethyl adjacent to an activating group) is 1. The third kappa shape index (κ3) is 4.51. The molecule has 1 unspecified atom stereocenters. The Kier molecular flexibility index (Phi) is 6.20. The van der Waals surface area contributed by atoms with Crippen LogP contribution in [0.3, 0.4) is 0 Å². The van der Waals surface area contributed by atoms with Crippen molar-refractivity contribution in [3.8, 4) is 0 Å². The van der Waals surface area contributed by atoms with Crippen LogP contribution in [0.4, 0.5) is 0 Å². The summed E-state index contributed by atoms with van der Waals surface area (Å²) in [6, 6.07) is 0. The van der Waals surface area contributed by atoms with Gasteiger partial charge >= 0.3 is 0 Å². The largest absolute Gasteiger partial charge is 0.354 e. The van der Waals surface area contributed by atoms with Crippen molar-refractivity contribution in [3.63, 3.8) is 0 Å². The fourth-order valence-corrected chi connectivity index (χ4v) is 4.71. The molecule has 1 aliphatic carbocycles. The summed E-state index contributed by atoms with van der Waals surface area (Å²) >= 11 is 0. The number of hydrogen-bond donors (Lipinski definition) is 1. The third-order valence-electron chi connectivity index (χ3n) is 6.32. The minimum atomic E-state index is 0.158. The lowest BCUT2D eigenvalue weighted by Gasteiger charge is -2.20. The maximum Gasteiger partial charge on any atom is 0.220 e. The Hall–Kier alpha value is -2.02. The molecule has 1 amide bonds. The fraction of sp³-hybridized carbons (Fsp3) is 0.714. The number of nitrogens with zero attached hydrogens (tertiary/aromatic N) is 5. The van der Waals surface area contributed by atoms with Gasteiger partial charge in [0.05, 0.1) is 12.2 Å². The summed E-state index contributed by atoms with van der Waals surface area (Å²) in [5.74, 6) is 1.32. The number of carbonyl (C=O) groups excluding carboxylic acids is 1. The van der Waals surface area contributed by atoms with Gasteiger partial charge in [-0.1, -0.05) is 32.1 Å². The van der Waals surface area contributed by atoms with Crippen molar-refractivity contribution in [2.45, 2.75) is 63.8 Å². The standard InChI is InChI=1S/C21H32N6O/c1-26-13-9-17(15-26)19-20-21(24-11-10-23-20)27(25-19)14-12-22-18(28)8-7-16-5-3-2-4-6-16/h10-11,16-17H,2-9,12-15H2,1H3,(H,22,28). The summed E-state index contributed by atoms with van der Waals surface area (Å²) in [7, 11) is 2.15. The van der Waals surface area contributed by atoms with Crippen molar-refractivity contribution >= 4 is 17.1 Å². The summed E-state index contributed by atoms with van der Waals surface area (Å²) in [5.41, 5.74) is 2.78. The number of hydrogen-bond acceptors (Lipinski definition) is 5. The van der Waals surface area contributed by atoms with Crippen LogP contribution in [0.2, 0.25) is 0 Å². The quantitative estimate of drug-likeness (QED) is 0.794. The molecule has 0 aromatic carbocycles. The van der Waals surface area contributed by atoms with E-state index in [0.29, 0.717) is 25.4 Å². The highest BCUT2D eigenvalue weighted by Crippen LogP contribution is 2.29. The highest BCUT2D eigenvalue weighted by atomic mass is 16.1. The summed E-state index contributed by atoms with van der Waals surface area (Å²) in [4.78, 5) is 23.6. The Labute approximate surface area is 166 Å². The highest BCUT2D eigenvalue weighted by Gasteiger charge is 2.27. The molecule has 2 fully saturated rings. The predicted octanol–water partition coefficient (Wildman–Crippen LogP) is 2.72. The predicted molar refractivity (Wildman–Crippen MR) is 109 cm³/mol. The lowest BCUT2D eigenvalue weighted by molar-refractivity contribution is -0.121. The van der Waals surface area contributed by atoms with Crippen LogP contribution in [0.5, 0.6) is 0 Å². The van der Waals surface area contributed by atoms with E-state index in [1.165, 1.54) is 32.1 Å². The summed E-state index contributed by atoms with van der Waals surface area (Å²) < 4.78 is 1.91. The van der Waals surface area contributed by atoms with E-state index >= 15 is 0 Å². The minimum Gasteiger partial charge on any atom is -0.354 e. The van der Waals surface area contributed by atoms with Crippen LogP contribution in [0.25, 0.3) is 11.2 Å². The first-order valence-electron chi connectivity index (χ1n) is 10.8. The Bertz CT molecular complexity index is 797. The third-order valence-corrected chi connectivity index (χ3v) is 6.32. The van der Waals surface area contributed by atoms with E-state index in [-0.39, 0.29) is 5.91 Å². The summed E-state index contributed by atoms with van der Waals surface area (Å²) in [5, 5.41) is 7.90. The van der Waals surface area contributed by atoms with Crippen molar-refractivity contribution in [2.24, 2.45) is 5.92 Å². The van der Waals surface area contributed by atoms with E-state index < -0.39 is 0 Å². The Morgan fingerprint density at radius 1 is 1.18 bits per heavy atom. The number of aromatic nitrogens is 4. The Morgan fingerprint density at radius 2 is 2.00 bits per heavy atom. The molecule has 4 rings (SSSR count). The smallest absolute Gasteiger partial charge is 0.220 e. The van der Waals surface area contributed by atoms with Gasteiger partial charge in [0.25, 0.3) is 0 Å². The minimum absolute atomic E-state index is 0.158. The molecule has 1 saturated heterocycles. The highest BCUT2D eigenvalue weighted by molar-refractivity contribution is 5.76. The number of likely N-dealkylation sites (tertiary alicyclic amines) is 1. The average molecular weight is 385 g/mol. The maximum absolute atomic E-state index is 12.2. The zero-order valence-electron chi connectivity index (χ0n) is 16.9. The van der Waals surface area contributed by atoms with E-state index in [4.69, 9.17) is 5.10 Å². The molecule has 7 nitrogen and oxygen atoms in total. The van der Waals surface area contributed by atoms with Crippen LogP contribution in [0.15, 0.2) is 12.4 Å². The lowest BCUT2D eigenvalue weighted by Crippen LogP contribution is -2.28. The van der Waals surface area contributed by atoms with Gasteiger partial charge in [-0.2, -0.15) is 5.10 Å². The second kappa shape index (κ2) is 8.99. The average Bonchev–Trinajstić information content (AvgIpc) is 3.31. The van der Waals surface area contributed by atoms with Crippen LogP contribution < -0.4 is 5.32 Å². The topological polar surface area (TPSA) is 75.9 Å². The first kappa shape index (κ1) is 19.3. The number of carbonyl (C=O) groups is 1. The molecule has 1 N–H and O–H groups in total. The molecule has 3 heterocycles. The van der Waals surface area contributed by atoms with Crippen LogP contribution in [0, 0.1) is 5.92 Å². The summed E-state index contributed by atoms with van der Waals surface area (Å²) in [6.45, 7) is 3.32. The van der Waals surface area contributed by atoms with E-state index in [9.17, 15) is 4.79 Å². The van der Waals surface area contributed by atoms with Crippen molar-refractivity contribution < 1.29 is 4.79 Å². The molecule has 152 valence electrons. The molecular weight excluding hydrogens is 352 g/mol. The monoisotopic (exact) mass is 384 g/mol. The van der Waals surface area contributed by atoms with Crippen LogP contribution in [-0.4, -0.2) is 57.2 Å². The Morgan fingerprint density at radius 3 is 2.79 bits per heavy atom. The number of nitrogens with one attached hydrogen (secondary N) is 1. The van der Waals surface area contributed by atoms with Crippen LogP contribution >= 0.6 is 0 Å². The van der Waals surface area contributed by atoms with Gasteiger partial charge in [-0.25, -0.2) is 14.6 Å². The molecule has 7 heteroatoms. The van der Waals surface area contributed by atoms with E-state index in [1.54, 1.807) is 12.4 Å². The fourth-order valence-electron chi connectivity index (χ4n) is 4.71. The van der Waals surface area contributed by atoms with Crippen molar-refractivity contribution in [3.05, 3.63) is 18.1 Å². The van der Waals surface area contributed by atoms with E-state index in [1.807, 2.05) is 4.68 Å². The van der Waals surface area contributed by atoms with Gasteiger partial charge in [0.15, 0.2) is 5.65 Å². The second-order valence-electron chi connectivity index (χ2n) is 8.48. The van der Waals surface area contributed by atoms with Gasteiger partial charge in [-0.3, -0.25) is 4.79 Å². The molecule has 2 aliphatic rings. The lowest BCUT2D eigenvalue weighted by atomic mass is 9.86. The summed E-state index contributed by atoms with van der Waals surface area (Å²) in [6.07, 6.45) is 12.9. The van der Waals surface area contributed by atoms with Crippen molar-refractivity contribution in [2.75, 3.05) is 26.7 Å². The SMILES string of the molecule is CN1CCC(c2nn(CCNC(=O)CCC3CCCCC3)c3nccnc23)C1. The number of fused-ring (bicyclic) bond motifs is 1. The van der Waals surface area contributed by atoms with Crippen LogP contribution in [-0.2, 0) is 11.3 Å². The van der Waals surface area contributed by atoms with E-state index in [2.05, 4.69) is 27.2 Å². The Balaban J connectivity index is 1.32. The van der Waals surface area contributed by atoms with Gasteiger partial charge < -0.3 is 10.2 Å². The number of amides is 1. The molecular formula is C21H32N6O. The molecule has 2 aromatic heterocycles. The first-order valence-corrected chi connectivity index (χ1v) is 10.8. The molecule has 1 atom stereocenters. The molecule has 1 aliphatic heterocycles. The molecule has 2 aromatic rings. The van der Waals surface area contributed by atoms with Crippen molar-refractivity contribution in [1.82, 2.24) is 30.0 Å². The van der Waals surface area contributed by atoms with Gasteiger partial charge in [0.1, 0.15) is 5.52 Å². The van der Waals surface area contributed by atoms with Gasteiger partial charge in [0, 0.05) is 37.8 Å². The number of rotatable bonds is 7. The maximum atomic E-state index is 12.2. The van der Waals surface area contributed by atoms with Crippen LogP contribution in [0.1, 0.15) is 63.0 Å². The zero-order chi connectivity index (χ0) is 19.3. The van der Waals surface area contributed by atoms with Gasteiger partial charge in [-0.05, 0) is 32.4 Å². The molecule has 28 heavy (non-hydrogen) atoms. The van der Waals surface area contributed by atoms with Gasteiger partial charge in [0.2, 0.25) is 5.91 Å². The van der Waals surface area contributed by atoms with Crippen molar-refractivity contribution in [1.29, 1.82) is 0 Å². The molecule has 1 saturated carbocycles. The zero-order valence-corrected chi connectivity index (χ0v) is 16.9. The second-order valence-corrected chi connectivity index (χ2v) is 8.48. The molecule has 0 radical (unpaired) electrons. The normalized spacial score (nSPS) is 21.4. The van der Waals surface area contributed by atoms with E-state index in [0.717, 1.165) is 48.7 Å². The molecule has 0 spiro atoms. The van der Waals surface area contributed by atoms with Gasteiger partial charge in [-0.15, -0.1) is 0 Å². The molecule has 0 bridgehead atoms. The first-order chi connectivity index (χ1) is 13.7.